The monoisotopic (exact) mass is 217 g/mol. The summed E-state index contributed by atoms with van der Waals surface area (Å²) in [6, 6.07) is 8.61. The van der Waals surface area contributed by atoms with Crippen LogP contribution in [0.15, 0.2) is 30.8 Å². The molecule has 16 heavy (non-hydrogen) atoms. The lowest BCUT2D eigenvalue weighted by Crippen LogP contribution is -2.25. The number of hydrogen-bond donors (Lipinski definition) is 0. The van der Waals surface area contributed by atoms with E-state index in [0.717, 1.165) is 39.3 Å². The van der Waals surface area contributed by atoms with E-state index >= 15 is 0 Å². The Balaban J connectivity index is 1.93. The summed E-state index contributed by atoms with van der Waals surface area (Å²) in [5.74, 6) is 0. The number of benzene rings is 1. The van der Waals surface area contributed by atoms with Gasteiger partial charge in [0.2, 0.25) is 0 Å². The molecule has 0 aromatic heterocycles. The van der Waals surface area contributed by atoms with Gasteiger partial charge in [0.15, 0.2) is 0 Å². The highest BCUT2D eigenvalue weighted by atomic mass is 16.5. The van der Waals surface area contributed by atoms with Crippen LogP contribution in [0.2, 0.25) is 0 Å². The highest BCUT2D eigenvalue weighted by molar-refractivity contribution is 5.47. The lowest BCUT2D eigenvalue weighted by molar-refractivity contribution is 0.140. The average molecular weight is 217 g/mol. The van der Waals surface area contributed by atoms with Gasteiger partial charge in [0, 0.05) is 26.2 Å². The molecule has 1 aliphatic rings. The molecule has 86 valence electrons. The van der Waals surface area contributed by atoms with Crippen LogP contribution in [0.3, 0.4) is 0 Å². The molecule has 1 saturated heterocycles. The Morgan fingerprint density at radius 1 is 1.19 bits per heavy atom. The molecule has 0 saturated carbocycles. The molecule has 1 fully saturated rings. The number of nitrogens with zero attached hydrogens (tertiary/aromatic N) is 1. The summed E-state index contributed by atoms with van der Waals surface area (Å²) >= 11 is 0. The highest BCUT2D eigenvalue weighted by Gasteiger charge is 2.09. The maximum absolute atomic E-state index is 5.44. The van der Waals surface area contributed by atoms with E-state index in [1.54, 1.807) is 0 Å². The van der Waals surface area contributed by atoms with E-state index in [-0.39, 0.29) is 0 Å². The first-order valence-electron chi connectivity index (χ1n) is 5.90. The van der Waals surface area contributed by atoms with Crippen molar-refractivity contribution in [2.75, 3.05) is 26.3 Å². The predicted octanol–water partition coefficient (Wildman–Crippen LogP) is 2.55. The fourth-order valence-electron chi connectivity index (χ4n) is 1.97. The molecule has 0 aliphatic carbocycles. The van der Waals surface area contributed by atoms with Crippen LogP contribution in [0, 0.1) is 0 Å². The smallest absolute Gasteiger partial charge is 0.0593 e. The Hall–Kier alpha value is -1.12. The minimum atomic E-state index is 0.866. The topological polar surface area (TPSA) is 12.5 Å². The van der Waals surface area contributed by atoms with Gasteiger partial charge in [0.25, 0.3) is 0 Å². The normalized spacial score (nSPS) is 18.0. The molecular weight excluding hydrogens is 198 g/mol. The quantitative estimate of drug-likeness (QED) is 0.771. The lowest BCUT2D eigenvalue weighted by atomic mass is 10.1. The molecule has 2 heteroatoms. The molecule has 0 N–H and O–H groups in total. The molecule has 2 rings (SSSR count). The molecule has 0 atom stereocenters. The molecule has 1 aromatic carbocycles. The van der Waals surface area contributed by atoms with Crippen molar-refractivity contribution in [3.63, 3.8) is 0 Å². The fraction of sp³-hybridized carbons (Fsp3) is 0.429. The maximum Gasteiger partial charge on any atom is 0.0593 e. The van der Waals surface area contributed by atoms with Gasteiger partial charge in [-0.25, -0.2) is 0 Å². The SMILES string of the molecule is C=Cc1ccc(CN2CCCOCC2)cc1. The molecule has 0 spiro atoms. The molecule has 1 aliphatic heterocycles. The molecule has 0 unspecified atom stereocenters. The van der Waals surface area contributed by atoms with Crippen LogP contribution in [-0.2, 0) is 11.3 Å². The maximum atomic E-state index is 5.44. The van der Waals surface area contributed by atoms with E-state index in [1.165, 1.54) is 11.1 Å². The molecule has 1 aromatic rings. The second-order valence-electron chi connectivity index (χ2n) is 4.19. The third-order valence-electron chi connectivity index (χ3n) is 2.94. The second kappa shape index (κ2) is 5.83. The van der Waals surface area contributed by atoms with Crippen LogP contribution >= 0.6 is 0 Å². The molecule has 2 nitrogen and oxygen atoms in total. The average Bonchev–Trinajstić information content (AvgIpc) is 2.59. The second-order valence-corrected chi connectivity index (χ2v) is 4.19. The summed E-state index contributed by atoms with van der Waals surface area (Å²) in [4.78, 5) is 2.45. The van der Waals surface area contributed by atoms with Crippen LogP contribution in [0.4, 0.5) is 0 Å². The minimum absolute atomic E-state index is 0.866. The van der Waals surface area contributed by atoms with Crippen molar-refractivity contribution in [3.05, 3.63) is 42.0 Å². The van der Waals surface area contributed by atoms with Gasteiger partial charge in [-0.2, -0.15) is 0 Å². The number of ether oxygens (including phenoxy) is 1. The first kappa shape index (κ1) is 11.4. The third-order valence-corrected chi connectivity index (χ3v) is 2.94. The van der Waals surface area contributed by atoms with Crippen molar-refractivity contribution in [2.24, 2.45) is 0 Å². The Bertz CT molecular complexity index is 323. The zero-order chi connectivity index (χ0) is 11.2. The van der Waals surface area contributed by atoms with Crippen molar-refractivity contribution in [1.82, 2.24) is 4.90 Å². The Labute approximate surface area is 97.5 Å². The molecule has 0 radical (unpaired) electrons. The summed E-state index contributed by atoms with van der Waals surface area (Å²) in [7, 11) is 0. The standard InChI is InChI=1S/C14H19NO/c1-2-13-4-6-14(7-5-13)12-15-8-3-10-16-11-9-15/h2,4-7H,1,3,8-12H2. The van der Waals surface area contributed by atoms with Crippen LogP contribution in [-0.4, -0.2) is 31.2 Å². The molecule has 1 heterocycles. The fourth-order valence-corrected chi connectivity index (χ4v) is 1.97. The minimum Gasteiger partial charge on any atom is -0.380 e. The summed E-state index contributed by atoms with van der Waals surface area (Å²) in [6.45, 7) is 8.75. The van der Waals surface area contributed by atoms with Gasteiger partial charge in [-0.15, -0.1) is 0 Å². The van der Waals surface area contributed by atoms with E-state index in [9.17, 15) is 0 Å². The zero-order valence-corrected chi connectivity index (χ0v) is 9.69. The lowest BCUT2D eigenvalue weighted by Gasteiger charge is -2.18. The van der Waals surface area contributed by atoms with Crippen molar-refractivity contribution in [3.8, 4) is 0 Å². The Morgan fingerprint density at radius 2 is 2.00 bits per heavy atom. The Morgan fingerprint density at radius 3 is 2.75 bits per heavy atom. The van der Waals surface area contributed by atoms with Gasteiger partial charge in [-0.1, -0.05) is 36.9 Å². The third kappa shape index (κ3) is 3.19. The van der Waals surface area contributed by atoms with Crippen LogP contribution in [0.1, 0.15) is 17.5 Å². The summed E-state index contributed by atoms with van der Waals surface area (Å²) in [6.07, 6.45) is 3.02. The van der Waals surface area contributed by atoms with E-state index in [4.69, 9.17) is 4.74 Å². The van der Waals surface area contributed by atoms with E-state index in [2.05, 4.69) is 35.7 Å². The highest BCUT2D eigenvalue weighted by Crippen LogP contribution is 2.10. The van der Waals surface area contributed by atoms with Crippen LogP contribution < -0.4 is 0 Å². The van der Waals surface area contributed by atoms with Gasteiger partial charge < -0.3 is 4.74 Å². The predicted molar refractivity (Wildman–Crippen MR) is 67.2 cm³/mol. The summed E-state index contributed by atoms with van der Waals surface area (Å²) < 4.78 is 5.44. The summed E-state index contributed by atoms with van der Waals surface area (Å²) in [5.41, 5.74) is 2.55. The van der Waals surface area contributed by atoms with E-state index < -0.39 is 0 Å². The first-order chi connectivity index (χ1) is 7.88. The van der Waals surface area contributed by atoms with Crippen molar-refractivity contribution >= 4 is 6.08 Å². The molecule has 0 bridgehead atoms. The largest absolute Gasteiger partial charge is 0.380 e. The van der Waals surface area contributed by atoms with Crippen molar-refractivity contribution in [1.29, 1.82) is 0 Å². The van der Waals surface area contributed by atoms with Gasteiger partial charge in [-0.3, -0.25) is 4.90 Å². The number of rotatable bonds is 3. The molecule has 0 amide bonds. The van der Waals surface area contributed by atoms with Gasteiger partial charge >= 0.3 is 0 Å². The van der Waals surface area contributed by atoms with E-state index in [0.29, 0.717) is 0 Å². The Kier molecular flexibility index (Phi) is 4.14. The first-order valence-corrected chi connectivity index (χ1v) is 5.90. The van der Waals surface area contributed by atoms with E-state index in [1.807, 2.05) is 6.08 Å². The van der Waals surface area contributed by atoms with Crippen molar-refractivity contribution < 1.29 is 4.74 Å². The van der Waals surface area contributed by atoms with Crippen LogP contribution in [0.5, 0.6) is 0 Å². The van der Waals surface area contributed by atoms with Crippen molar-refractivity contribution in [2.45, 2.75) is 13.0 Å². The van der Waals surface area contributed by atoms with Crippen LogP contribution in [0.25, 0.3) is 6.08 Å². The summed E-state index contributed by atoms with van der Waals surface area (Å²) in [5, 5.41) is 0. The molecular formula is C14H19NO. The zero-order valence-electron chi connectivity index (χ0n) is 9.69. The van der Waals surface area contributed by atoms with Gasteiger partial charge in [-0.05, 0) is 17.5 Å². The van der Waals surface area contributed by atoms with Gasteiger partial charge in [0.1, 0.15) is 0 Å². The van der Waals surface area contributed by atoms with Gasteiger partial charge in [0.05, 0.1) is 6.61 Å². The number of hydrogen-bond acceptors (Lipinski definition) is 2.